The SMILES string of the molecule is CN1CCC(OC(c2nc3ccccc3[nH]2)c2c(O)cccc2F)CC1.CN1CCC(OC(c2nc3ccccc3[nH]2)c2cccc(F)c2O)CC1. The summed E-state index contributed by atoms with van der Waals surface area (Å²) in [5, 5.41) is 20.6. The Kier molecular flexibility index (Phi) is 10.8. The molecule has 52 heavy (non-hydrogen) atoms. The molecule has 0 spiro atoms. The normalized spacial score (nSPS) is 17.6. The monoisotopic (exact) mass is 710 g/mol. The lowest BCUT2D eigenvalue weighted by atomic mass is 10.0. The fraction of sp³-hybridized carbons (Fsp3) is 0.350. The highest BCUT2D eigenvalue weighted by Crippen LogP contribution is 2.37. The maximum Gasteiger partial charge on any atom is 0.165 e. The molecule has 0 aliphatic carbocycles. The number of ether oxygens (including phenoxy) is 2. The van der Waals surface area contributed by atoms with Crippen LogP contribution in [0.3, 0.4) is 0 Å². The third kappa shape index (κ3) is 7.95. The quantitative estimate of drug-likeness (QED) is 0.131. The van der Waals surface area contributed by atoms with Crippen LogP contribution in [0.15, 0.2) is 84.9 Å². The van der Waals surface area contributed by atoms with Crippen molar-refractivity contribution in [2.24, 2.45) is 0 Å². The largest absolute Gasteiger partial charge is 0.507 e. The number of rotatable bonds is 8. The Labute approximate surface area is 301 Å². The van der Waals surface area contributed by atoms with Gasteiger partial charge in [0, 0.05) is 31.7 Å². The number of benzene rings is 4. The van der Waals surface area contributed by atoms with Crippen molar-refractivity contribution in [3.8, 4) is 11.5 Å². The van der Waals surface area contributed by atoms with Gasteiger partial charge in [-0.1, -0.05) is 42.5 Å². The summed E-state index contributed by atoms with van der Waals surface area (Å²) in [5.41, 5.74) is 3.87. The van der Waals surface area contributed by atoms with E-state index >= 15 is 0 Å². The molecule has 2 unspecified atom stereocenters. The standard InChI is InChI=1S/2C20H22FN3O2/c1-24-11-9-13(10-12-24)26-19(14-5-4-6-15(21)18(14)25)20-22-16-7-2-3-8-17(16)23-20;1-24-11-9-13(10-12-24)26-19(18-14(21)5-4-8-17(18)25)20-22-15-6-2-3-7-16(15)23-20/h2*2-8,13,19,25H,9-12H2,1H3,(H,22,23). The van der Waals surface area contributed by atoms with Gasteiger partial charge in [-0.3, -0.25) is 0 Å². The first-order chi connectivity index (χ1) is 25.2. The van der Waals surface area contributed by atoms with E-state index < -0.39 is 23.8 Å². The molecule has 2 aromatic heterocycles. The van der Waals surface area contributed by atoms with Crippen LogP contribution in [-0.2, 0) is 9.47 Å². The van der Waals surface area contributed by atoms with Crippen LogP contribution in [0, 0.1) is 11.6 Å². The van der Waals surface area contributed by atoms with Crippen LogP contribution in [0.4, 0.5) is 8.78 Å². The first-order valence-electron chi connectivity index (χ1n) is 17.8. The lowest BCUT2D eigenvalue weighted by Gasteiger charge is -2.31. The molecule has 0 bridgehead atoms. The van der Waals surface area contributed by atoms with E-state index in [1.54, 1.807) is 12.1 Å². The van der Waals surface area contributed by atoms with Gasteiger partial charge in [-0.15, -0.1) is 0 Å². The molecule has 272 valence electrons. The first kappa shape index (κ1) is 35.5. The third-order valence-electron chi connectivity index (χ3n) is 9.89. The van der Waals surface area contributed by atoms with Gasteiger partial charge in [-0.2, -0.15) is 0 Å². The molecule has 4 aromatic carbocycles. The van der Waals surface area contributed by atoms with Crippen LogP contribution < -0.4 is 0 Å². The summed E-state index contributed by atoms with van der Waals surface area (Å²) >= 11 is 0. The Morgan fingerprint density at radius 3 is 1.65 bits per heavy atom. The lowest BCUT2D eigenvalue weighted by Crippen LogP contribution is -2.35. The average Bonchev–Trinajstić information content (AvgIpc) is 3.78. The topological polar surface area (TPSA) is 123 Å². The number of aromatic hydroxyl groups is 2. The number of piperidine rings is 2. The predicted molar refractivity (Wildman–Crippen MR) is 195 cm³/mol. The number of fused-ring (bicyclic) bond motifs is 2. The maximum atomic E-state index is 14.6. The fourth-order valence-corrected chi connectivity index (χ4v) is 6.90. The number of para-hydroxylation sites is 5. The minimum absolute atomic E-state index is 0.0107. The van der Waals surface area contributed by atoms with Crippen LogP contribution in [0.5, 0.6) is 11.5 Å². The minimum atomic E-state index is -0.781. The lowest BCUT2D eigenvalue weighted by molar-refractivity contribution is -0.0284. The van der Waals surface area contributed by atoms with Crippen molar-refractivity contribution in [1.29, 1.82) is 0 Å². The molecule has 2 aliphatic heterocycles. The molecular formula is C40H44F2N6O4. The van der Waals surface area contributed by atoms with Gasteiger partial charge >= 0.3 is 0 Å². The van der Waals surface area contributed by atoms with Gasteiger partial charge in [0.15, 0.2) is 11.6 Å². The van der Waals surface area contributed by atoms with Gasteiger partial charge in [-0.05, 0) is 82.2 Å². The van der Waals surface area contributed by atoms with Crippen molar-refractivity contribution in [3.05, 3.63) is 119 Å². The van der Waals surface area contributed by atoms with Gasteiger partial charge in [-0.25, -0.2) is 18.7 Å². The zero-order valence-corrected chi connectivity index (χ0v) is 29.3. The number of aromatic amines is 2. The Bertz CT molecular complexity index is 2020. The molecule has 2 fully saturated rings. The summed E-state index contributed by atoms with van der Waals surface area (Å²) in [5.74, 6) is -0.579. The molecule has 0 saturated carbocycles. The van der Waals surface area contributed by atoms with Crippen LogP contribution in [0.25, 0.3) is 22.1 Å². The van der Waals surface area contributed by atoms with Gasteiger partial charge < -0.3 is 39.5 Å². The zero-order chi connectivity index (χ0) is 36.2. The molecule has 2 aliphatic rings. The molecular weight excluding hydrogens is 666 g/mol. The van der Waals surface area contributed by atoms with Crippen molar-refractivity contribution >= 4 is 22.1 Å². The highest BCUT2D eigenvalue weighted by Gasteiger charge is 2.31. The summed E-state index contributed by atoms with van der Waals surface area (Å²) in [6.45, 7) is 3.76. The van der Waals surface area contributed by atoms with E-state index in [4.69, 9.17) is 9.47 Å². The molecule has 4 N–H and O–H groups in total. The van der Waals surface area contributed by atoms with E-state index in [-0.39, 0.29) is 29.3 Å². The number of H-pyrrole nitrogens is 2. The smallest absolute Gasteiger partial charge is 0.165 e. The van der Waals surface area contributed by atoms with Crippen LogP contribution >= 0.6 is 0 Å². The number of likely N-dealkylation sites (tertiary alicyclic amines) is 2. The number of hydrogen-bond donors (Lipinski definition) is 4. The van der Waals surface area contributed by atoms with Crippen molar-refractivity contribution in [3.63, 3.8) is 0 Å². The first-order valence-corrected chi connectivity index (χ1v) is 17.8. The molecule has 8 rings (SSSR count). The molecule has 4 heterocycles. The number of halogens is 2. The van der Waals surface area contributed by atoms with Gasteiger partial charge in [0.05, 0.1) is 39.8 Å². The second-order valence-corrected chi connectivity index (χ2v) is 13.7. The van der Waals surface area contributed by atoms with Gasteiger partial charge in [0.1, 0.15) is 35.4 Å². The van der Waals surface area contributed by atoms with Crippen LogP contribution in [0.2, 0.25) is 0 Å². The molecule has 2 atom stereocenters. The minimum Gasteiger partial charge on any atom is -0.507 e. The number of phenols is 2. The fourth-order valence-electron chi connectivity index (χ4n) is 6.90. The van der Waals surface area contributed by atoms with E-state index in [0.717, 1.165) is 73.9 Å². The summed E-state index contributed by atoms with van der Waals surface area (Å²) in [6, 6.07) is 24.1. The number of aromatic nitrogens is 4. The molecule has 10 nitrogen and oxygen atoms in total. The second-order valence-electron chi connectivity index (χ2n) is 13.7. The molecule has 0 amide bonds. The number of imidazole rings is 2. The van der Waals surface area contributed by atoms with Crippen molar-refractivity contribution in [1.82, 2.24) is 29.7 Å². The highest BCUT2D eigenvalue weighted by molar-refractivity contribution is 5.75. The van der Waals surface area contributed by atoms with E-state index in [1.807, 2.05) is 48.5 Å². The summed E-state index contributed by atoms with van der Waals surface area (Å²) in [4.78, 5) is 20.2. The molecule has 12 heteroatoms. The summed E-state index contributed by atoms with van der Waals surface area (Å²) in [6.07, 6.45) is 2.11. The number of nitrogens with zero attached hydrogens (tertiary/aromatic N) is 4. The van der Waals surface area contributed by atoms with Crippen molar-refractivity contribution in [2.45, 2.75) is 50.1 Å². The summed E-state index contributed by atoms with van der Waals surface area (Å²) in [7, 11) is 4.17. The maximum absolute atomic E-state index is 14.6. The predicted octanol–water partition coefficient (Wildman–Crippen LogP) is 7.22. The zero-order valence-electron chi connectivity index (χ0n) is 29.3. The second kappa shape index (κ2) is 15.8. The Hall–Kier alpha value is -4.88. The van der Waals surface area contributed by atoms with E-state index in [2.05, 4.69) is 43.8 Å². The number of hydrogen-bond acceptors (Lipinski definition) is 8. The average molecular weight is 711 g/mol. The Morgan fingerprint density at radius 2 is 1.12 bits per heavy atom. The number of phenolic OH excluding ortho intramolecular Hbond substituents is 2. The van der Waals surface area contributed by atoms with Crippen molar-refractivity contribution < 1.29 is 28.5 Å². The van der Waals surface area contributed by atoms with E-state index in [1.165, 1.54) is 24.3 Å². The highest BCUT2D eigenvalue weighted by atomic mass is 19.1. The molecule has 6 aromatic rings. The third-order valence-corrected chi connectivity index (χ3v) is 9.89. The van der Waals surface area contributed by atoms with Crippen LogP contribution in [-0.4, -0.2) is 92.4 Å². The molecule has 2 saturated heterocycles. The van der Waals surface area contributed by atoms with Crippen LogP contribution in [0.1, 0.15) is 60.7 Å². The Balaban J connectivity index is 0.000000162. The summed E-state index contributed by atoms with van der Waals surface area (Å²) < 4.78 is 41.1. The van der Waals surface area contributed by atoms with E-state index in [9.17, 15) is 19.0 Å². The van der Waals surface area contributed by atoms with Crippen molar-refractivity contribution in [2.75, 3.05) is 40.3 Å². The molecule has 0 radical (unpaired) electrons. The Morgan fingerprint density at radius 1 is 0.635 bits per heavy atom. The van der Waals surface area contributed by atoms with Gasteiger partial charge in [0.25, 0.3) is 0 Å². The van der Waals surface area contributed by atoms with E-state index in [0.29, 0.717) is 17.2 Å². The number of nitrogens with one attached hydrogen (secondary N) is 2. The van der Waals surface area contributed by atoms with Gasteiger partial charge in [0.2, 0.25) is 0 Å².